The largest absolute Gasteiger partial charge is 0.273 e. The molecule has 0 aliphatic heterocycles. The predicted molar refractivity (Wildman–Crippen MR) is 54.4 cm³/mol. The Morgan fingerprint density at radius 3 is 2.79 bits per heavy atom. The smallest absolute Gasteiger partial charge is 0.243 e. The molecule has 1 rings (SSSR count). The summed E-state index contributed by atoms with van der Waals surface area (Å²) in [5.41, 5.74) is 4.62. The Hall–Kier alpha value is -1.35. The van der Waals surface area contributed by atoms with Gasteiger partial charge in [-0.15, -0.1) is 0 Å². The first-order chi connectivity index (χ1) is 6.74. The van der Waals surface area contributed by atoms with E-state index in [2.05, 4.69) is 5.48 Å². The molecule has 0 unspecified atom stereocenters. The van der Waals surface area contributed by atoms with Gasteiger partial charge in [0.25, 0.3) is 0 Å². The maximum Gasteiger partial charge on any atom is 0.243 e. The number of carbonyl (C=O) groups is 1. The number of rotatable bonds is 4. The van der Waals surface area contributed by atoms with Gasteiger partial charge in [-0.05, 0) is 18.1 Å². The molecular formula is C11H15NO2. The fourth-order valence-corrected chi connectivity index (χ4v) is 1.04. The van der Waals surface area contributed by atoms with Gasteiger partial charge in [-0.3, -0.25) is 9.63 Å². The van der Waals surface area contributed by atoms with Gasteiger partial charge in [0.2, 0.25) is 5.91 Å². The highest BCUT2D eigenvalue weighted by Gasteiger charge is 1.99. The van der Waals surface area contributed by atoms with Crippen molar-refractivity contribution in [3.8, 4) is 0 Å². The van der Waals surface area contributed by atoms with Crippen molar-refractivity contribution in [2.75, 3.05) is 0 Å². The van der Waals surface area contributed by atoms with E-state index in [-0.39, 0.29) is 5.91 Å². The van der Waals surface area contributed by atoms with Crippen molar-refractivity contribution in [2.24, 2.45) is 0 Å². The highest BCUT2D eigenvalue weighted by molar-refractivity contribution is 5.74. The molecule has 76 valence electrons. The number of carbonyl (C=O) groups excluding carboxylic acids is 1. The molecule has 14 heavy (non-hydrogen) atoms. The molecule has 0 saturated heterocycles. The highest BCUT2D eigenvalue weighted by Crippen LogP contribution is 2.07. The Morgan fingerprint density at radius 1 is 1.43 bits per heavy atom. The lowest BCUT2D eigenvalue weighted by molar-refractivity contribution is -0.134. The minimum Gasteiger partial charge on any atom is -0.273 e. The number of amides is 1. The summed E-state index contributed by atoms with van der Waals surface area (Å²) in [6, 6.07) is 7.92. The third-order valence-corrected chi connectivity index (χ3v) is 2.00. The van der Waals surface area contributed by atoms with Gasteiger partial charge >= 0.3 is 0 Å². The molecule has 0 fully saturated rings. The summed E-state index contributed by atoms with van der Waals surface area (Å²) in [5.74, 6) is -0.0985. The number of nitrogens with one attached hydrogen (secondary N) is 1. The van der Waals surface area contributed by atoms with Gasteiger partial charge in [-0.25, -0.2) is 5.48 Å². The first-order valence-electron chi connectivity index (χ1n) is 4.69. The van der Waals surface area contributed by atoms with Gasteiger partial charge in [0.05, 0.1) is 0 Å². The second kappa shape index (κ2) is 5.40. The maximum atomic E-state index is 10.9. The fraction of sp³-hybridized carbons (Fsp3) is 0.364. The Bertz CT molecular complexity index is 310. The van der Waals surface area contributed by atoms with Crippen molar-refractivity contribution in [2.45, 2.75) is 26.9 Å². The molecule has 3 nitrogen and oxygen atoms in total. The summed E-state index contributed by atoms with van der Waals surface area (Å²) in [6.45, 7) is 4.21. The molecule has 0 radical (unpaired) electrons. The van der Waals surface area contributed by atoms with Crippen molar-refractivity contribution >= 4 is 5.91 Å². The normalized spacial score (nSPS) is 9.86. The predicted octanol–water partition coefficient (Wildman–Crippen LogP) is 1.95. The van der Waals surface area contributed by atoms with Crippen LogP contribution in [0, 0.1) is 6.92 Å². The first kappa shape index (κ1) is 10.7. The second-order valence-corrected chi connectivity index (χ2v) is 3.09. The Labute approximate surface area is 84.0 Å². The Kier molecular flexibility index (Phi) is 4.13. The minimum absolute atomic E-state index is 0.0985. The molecule has 0 aliphatic carbocycles. The number of hydrogen-bond donors (Lipinski definition) is 1. The zero-order valence-electron chi connectivity index (χ0n) is 8.54. The molecule has 1 amide bonds. The van der Waals surface area contributed by atoms with Crippen molar-refractivity contribution in [1.29, 1.82) is 0 Å². The lowest BCUT2D eigenvalue weighted by Crippen LogP contribution is -2.22. The van der Waals surface area contributed by atoms with Crippen molar-refractivity contribution in [1.82, 2.24) is 5.48 Å². The van der Waals surface area contributed by atoms with Gasteiger partial charge in [0.1, 0.15) is 6.61 Å². The summed E-state index contributed by atoms with van der Waals surface area (Å²) < 4.78 is 0. The molecule has 0 spiro atoms. The van der Waals surface area contributed by atoms with E-state index >= 15 is 0 Å². The van der Waals surface area contributed by atoms with Gasteiger partial charge in [-0.1, -0.05) is 31.2 Å². The van der Waals surface area contributed by atoms with Crippen LogP contribution in [0.15, 0.2) is 24.3 Å². The number of hydrogen-bond acceptors (Lipinski definition) is 2. The molecule has 1 N–H and O–H groups in total. The van der Waals surface area contributed by atoms with Crippen LogP contribution in [0.1, 0.15) is 24.5 Å². The molecule has 0 saturated carbocycles. The third kappa shape index (κ3) is 3.18. The molecular weight excluding hydrogens is 178 g/mol. The molecule has 0 heterocycles. The van der Waals surface area contributed by atoms with Crippen LogP contribution in [-0.2, 0) is 16.2 Å². The van der Waals surface area contributed by atoms with Crippen LogP contribution >= 0.6 is 0 Å². The molecule has 0 atom stereocenters. The van der Waals surface area contributed by atoms with E-state index in [4.69, 9.17) is 4.84 Å². The highest BCUT2D eigenvalue weighted by atomic mass is 16.6. The average Bonchev–Trinajstić information content (AvgIpc) is 2.20. The zero-order valence-corrected chi connectivity index (χ0v) is 8.54. The van der Waals surface area contributed by atoms with Crippen LogP contribution in [0.25, 0.3) is 0 Å². The van der Waals surface area contributed by atoms with E-state index in [1.54, 1.807) is 6.92 Å². The van der Waals surface area contributed by atoms with Gasteiger partial charge < -0.3 is 0 Å². The summed E-state index contributed by atoms with van der Waals surface area (Å²) in [6.07, 6.45) is 0.438. The number of hydroxylamine groups is 1. The van der Waals surface area contributed by atoms with Crippen molar-refractivity contribution in [3.63, 3.8) is 0 Å². The van der Waals surface area contributed by atoms with Crippen LogP contribution in [-0.4, -0.2) is 5.91 Å². The van der Waals surface area contributed by atoms with E-state index < -0.39 is 0 Å². The lowest BCUT2D eigenvalue weighted by Gasteiger charge is -2.06. The van der Waals surface area contributed by atoms with E-state index in [0.717, 1.165) is 5.56 Å². The standard InChI is InChI=1S/C11H15NO2/c1-3-11(13)12-14-8-10-7-5-4-6-9(10)2/h4-7H,3,8H2,1-2H3,(H,12,13). The van der Waals surface area contributed by atoms with Crippen LogP contribution in [0.2, 0.25) is 0 Å². The van der Waals surface area contributed by atoms with Gasteiger partial charge in [-0.2, -0.15) is 0 Å². The fourth-order valence-electron chi connectivity index (χ4n) is 1.04. The molecule has 3 heteroatoms. The van der Waals surface area contributed by atoms with Crippen LogP contribution in [0.3, 0.4) is 0 Å². The monoisotopic (exact) mass is 193 g/mol. The topological polar surface area (TPSA) is 38.3 Å². The number of benzene rings is 1. The van der Waals surface area contributed by atoms with Crippen LogP contribution in [0.4, 0.5) is 0 Å². The minimum atomic E-state index is -0.0985. The molecule has 1 aromatic rings. The third-order valence-electron chi connectivity index (χ3n) is 2.00. The van der Waals surface area contributed by atoms with E-state index in [1.165, 1.54) is 5.56 Å². The Balaban J connectivity index is 2.39. The average molecular weight is 193 g/mol. The Morgan fingerprint density at radius 2 is 2.14 bits per heavy atom. The van der Waals surface area contributed by atoms with Crippen molar-refractivity contribution < 1.29 is 9.63 Å². The summed E-state index contributed by atoms with van der Waals surface area (Å²) >= 11 is 0. The van der Waals surface area contributed by atoms with Gasteiger partial charge in [0, 0.05) is 6.42 Å². The summed E-state index contributed by atoms with van der Waals surface area (Å²) in [5, 5.41) is 0. The SMILES string of the molecule is CCC(=O)NOCc1ccccc1C. The van der Waals surface area contributed by atoms with E-state index in [1.807, 2.05) is 31.2 Å². The molecule has 0 aromatic heterocycles. The quantitative estimate of drug-likeness (QED) is 0.742. The van der Waals surface area contributed by atoms with Crippen LogP contribution in [0.5, 0.6) is 0 Å². The molecule has 0 aliphatic rings. The summed E-state index contributed by atoms with van der Waals surface area (Å²) in [4.78, 5) is 15.9. The lowest BCUT2D eigenvalue weighted by atomic mass is 10.1. The zero-order chi connectivity index (χ0) is 10.4. The molecule has 0 bridgehead atoms. The van der Waals surface area contributed by atoms with E-state index in [0.29, 0.717) is 13.0 Å². The summed E-state index contributed by atoms with van der Waals surface area (Å²) in [7, 11) is 0. The van der Waals surface area contributed by atoms with Gasteiger partial charge in [0.15, 0.2) is 0 Å². The first-order valence-corrected chi connectivity index (χ1v) is 4.69. The van der Waals surface area contributed by atoms with Crippen molar-refractivity contribution in [3.05, 3.63) is 35.4 Å². The maximum absolute atomic E-state index is 10.9. The van der Waals surface area contributed by atoms with Crippen LogP contribution < -0.4 is 5.48 Å². The van der Waals surface area contributed by atoms with E-state index in [9.17, 15) is 4.79 Å². The molecule has 1 aromatic carbocycles. The number of aryl methyl sites for hydroxylation is 1. The second-order valence-electron chi connectivity index (χ2n) is 3.09.